The molecule has 1 aromatic heterocycles. The SMILES string of the molecule is COc1ccc([N+](=O)[O-])cc1NC(=O)C(C)OC(=O)/C=C/c1cccs1. The number of thiophene rings is 1. The molecule has 0 bridgehead atoms. The molecule has 0 saturated carbocycles. The molecule has 1 atom stereocenters. The van der Waals surface area contributed by atoms with E-state index in [0.29, 0.717) is 0 Å². The predicted octanol–water partition coefficient (Wildman–Crippen LogP) is 3.25. The minimum absolute atomic E-state index is 0.115. The van der Waals surface area contributed by atoms with Crippen LogP contribution >= 0.6 is 11.3 Å². The van der Waals surface area contributed by atoms with Crippen molar-refractivity contribution in [3.8, 4) is 5.75 Å². The third-order valence-corrected chi connectivity index (χ3v) is 4.08. The summed E-state index contributed by atoms with van der Waals surface area (Å²) >= 11 is 1.46. The molecule has 0 radical (unpaired) electrons. The minimum Gasteiger partial charge on any atom is -0.495 e. The average molecular weight is 376 g/mol. The lowest BCUT2D eigenvalue weighted by atomic mass is 10.2. The summed E-state index contributed by atoms with van der Waals surface area (Å²) in [5, 5.41) is 15.2. The first kappa shape index (κ1) is 19.1. The van der Waals surface area contributed by atoms with E-state index in [-0.39, 0.29) is 17.1 Å². The molecule has 0 spiro atoms. The lowest BCUT2D eigenvalue weighted by Crippen LogP contribution is -2.29. The Morgan fingerprint density at radius 1 is 1.35 bits per heavy atom. The van der Waals surface area contributed by atoms with Gasteiger partial charge in [-0.15, -0.1) is 11.3 Å². The van der Waals surface area contributed by atoms with Crippen LogP contribution in [0.2, 0.25) is 0 Å². The van der Waals surface area contributed by atoms with E-state index in [1.807, 2.05) is 17.5 Å². The number of amides is 1. The van der Waals surface area contributed by atoms with E-state index in [1.165, 1.54) is 49.6 Å². The van der Waals surface area contributed by atoms with Gasteiger partial charge in [-0.25, -0.2) is 4.79 Å². The third-order valence-electron chi connectivity index (χ3n) is 3.24. The number of rotatable bonds is 7. The van der Waals surface area contributed by atoms with Gasteiger partial charge >= 0.3 is 5.97 Å². The number of hydrogen-bond acceptors (Lipinski definition) is 7. The second kappa shape index (κ2) is 8.77. The third kappa shape index (κ3) is 5.15. The minimum atomic E-state index is -1.10. The molecule has 8 nitrogen and oxygen atoms in total. The summed E-state index contributed by atoms with van der Waals surface area (Å²) < 4.78 is 10.1. The number of nitro benzene ring substituents is 1. The van der Waals surface area contributed by atoms with Crippen LogP contribution in [0, 0.1) is 10.1 Å². The Kier molecular flexibility index (Phi) is 6.45. The first-order chi connectivity index (χ1) is 12.4. The van der Waals surface area contributed by atoms with Crippen LogP contribution in [-0.4, -0.2) is 30.0 Å². The number of nitro groups is 1. The van der Waals surface area contributed by atoms with Crippen LogP contribution in [0.5, 0.6) is 5.75 Å². The fourth-order valence-corrected chi connectivity index (χ4v) is 2.56. The van der Waals surface area contributed by atoms with Crippen molar-refractivity contribution in [3.63, 3.8) is 0 Å². The number of nitrogens with zero attached hydrogens (tertiary/aromatic N) is 1. The van der Waals surface area contributed by atoms with Crippen molar-refractivity contribution in [1.82, 2.24) is 0 Å². The molecule has 0 aliphatic carbocycles. The molecule has 2 rings (SSSR count). The van der Waals surface area contributed by atoms with Crippen LogP contribution in [0.4, 0.5) is 11.4 Å². The maximum atomic E-state index is 12.2. The van der Waals surface area contributed by atoms with E-state index >= 15 is 0 Å². The fourth-order valence-electron chi connectivity index (χ4n) is 1.94. The highest BCUT2D eigenvalue weighted by Gasteiger charge is 2.20. The van der Waals surface area contributed by atoms with Gasteiger partial charge in [0.25, 0.3) is 11.6 Å². The van der Waals surface area contributed by atoms with Crippen molar-refractivity contribution in [2.45, 2.75) is 13.0 Å². The number of hydrogen-bond donors (Lipinski definition) is 1. The molecular formula is C17H16N2O6S. The van der Waals surface area contributed by atoms with Crippen molar-refractivity contribution in [3.05, 3.63) is 56.8 Å². The van der Waals surface area contributed by atoms with Crippen molar-refractivity contribution in [2.24, 2.45) is 0 Å². The number of methoxy groups -OCH3 is 1. The molecular weight excluding hydrogens is 360 g/mol. The Morgan fingerprint density at radius 2 is 2.12 bits per heavy atom. The van der Waals surface area contributed by atoms with Gasteiger partial charge in [0.05, 0.1) is 17.7 Å². The second-order valence-electron chi connectivity index (χ2n) is 5.06. The molecule has 1 aromatic carbocycles. The molecule has 1 unspecified atom stereocenters. The van der Waals surface area contributed by atoms with Gasteiger partial charge in [-0.05, 0) is 30.5 Å². The van der Waals surface area contributed by atoms with Gasteiger partial charge in [0, 0.05) is 23.1 Å². The highest BCUT2D eigenvalue weighted by atomic mass is 32.1. The number of ether oxygens (including phenoxy) is 2. The number of nitrogens with one attached hydrogen (secondary N) is 1. The zero-order chi connectivity index (χ0) is 19.1. The molecule has 0 aliphatic rings. The Morgan fingerprint density at radius 3 is 2.73 bits per heavy atom. The smallest absolute Gasteiger partial charge is 0.331 e. The largest absolute Gasteiger partial charge is 0.495 e. The maximum Gasteiger partial charge on any atom is 0.331 e. The highest BCUT2D eigenvalue weighted by Crippen LogP contribution is 2.29. The second-order valence-corrected chi connectivity index (χ2v) is 6.04. The van der Waals surface area contributed by atoms with E-state index < -0.39 is 22.9 Å². The van der Waals surface area contributed by atoms with Crippen LogP contribution in [0.15, 0.2) is 41.8 Å². The van der Waals surface area contributed by atoms with Crippen molar-refractivity contribution in [1.29, 1.82) is 0 Å². The number of anilines is 1. The molecule has 1 amide bonds. The molecule has 1 N–H and O–H groups in total. The van der Waals surface area contributed by atoms with Gasteiger partial charge < -0.3 is 14.8 Å². The number of benzene rings is 1. The molecule has 136 valence electrons. The van der Waals surface area contributed by atoms with Gasteiger partial charge in [0.15, 0.2) is 6.10 Å². The van der Waals surface area contributed by atoms with E-state index in [4.69, 9.17) is 9.47 Å². The van der Waals surface area contributed by atoms with Crippen molar-refractivity contribution in [2.75, 3.05) is 12.4 Å². The Bertz CT molecular complexity index is 832. The summed E-state index contributed by atoms with van der Waals surface area (Å²) in [6.45, 7) is 1.40. The lowest BCUT2D eigenvalue weighted by Gasteiger charge is -2.14. The predicted molar refractivity (Wildman–Crippen MR) is 97.2 cm³/mol. The summed E-state index contributed by atoms with van der Waals surface area (Å²) in [7, 11) is 1.37. The topological polar surface area (TPSA) is 108 Å². The first-order valence-corrected chi connectivity index (χ1v) is 8.34. The van der Waals surface area contributed by atoms with E-state index in [0.717, 1.165) is 4.88 Å². The maximum absolute atomic E-state index is 12.2. The lowest BCUT2D eigenvalue weighted by molar-refractivity contribution is -0.384. The normalized spacial score (nSPS) is 11.8. The Hall–Kier alpha value is -3.20. The van der Waals surface area contributed by atoms with Gasteiger partial charge in [-0.2, -0.15) is 0 Å². The monoisotopic (exact) mass is 376 g/mol. The van der Waals surface area contributed by atoms with Crippen molar-refractivity contribution >= 4 is 40.7 Å². The first-order valence-electron chi connectivity index (χ1n) is 7.46. The van der Waals surface area contributed by atoms with Crippen molar-refractivity contribution < 1.29 is 24.0 Å². The average Bonchev–Trinajstić information content (AvgIpc) is 3.13. The summed E-state index contributed by atoms with van der Waals surface area (Å²) in [6.07, 6.45) is 1.71. The quantitative estimate of drug-likeness (QED) is 0.344. The zero-order valence-corrected chi connectivity index (χ0v) is 14.8. The standard InChI is InChI=1S/C17H16N2O6S/c1-11(25-16(20)8-6-13-4-3-9-26-13)17(21)18-14-10-12(19(22)23)5-7-15(14)24-2/h3-11H,1-2H3,(H,18,21)/b8-6+. The van der Waals surface area contributed by atoms with E-state index in [9.17, 15) is 19.7 Å². The fraction of sp³-hybridized carbons (Fsp3) is 0.176. The van der Waals surface area contributed by atoms with Crippen LogP contribution < -0.4 is 10.1 Å². The summed E-state index contributed by atoms with van der Waals surface area (Å²) in [6, 6.07) is 7.47. The number of carbonyl (C=O) groups excluding carboxylic acids is 2. The van der Waals surface area contributed by atoms with E-state index in [1.54, 1.807) is 6.08 Å². The number of carbonyl (C=O) groups is 2. The molecule has 0 saturated heterocycles. The molecule has 2 aromatic rings. The Labute approximate surface area is 153 Å². The van der Waals surface area contributed by atoms with Gasteiger partial charge in [0.1, 0.15) is 5.75 Å². The zero-order valence-electron chi connectivity index (χ0n) is 14.0. The van der Waals surface area contributed by atoms with Gasteiger partial charge in [-0.1, -0.05) is 6.07 Å². The molecule has 0 fully saturated rings. The highest BCUT2D eigenvalue weighted by molar-refractivity contribution is 7.10. The Balaban J connectivity index is 2.01. The van der Waals surface area contributed by atoms with E-state index in [2.05, 4.69) is 5.32 Å². The van der Waals surface area contributed by atoms with Crippen LogP contribution in [-0.2, 0) is 14.3 Å². The summed E-state index contributed by atoms with van der Waals surface area (Å²) in [5.41, 5.74) is -0.0895. The summed E-state index contributed by atoms with van der Waals surface area (Å²) in [4.78, 5) is 35.1. The number of esters is 1. The molecule has 9 heteroatoms. The molecule has 0 aliphatic heterocycles. The van der Waals surface area contributed by atoms with Gasteiger partial charge in [0.2, 0.25) is 0 Å². The molecule has 1 heterocycles. The van der Waals surface area contributed by atoms with Crippen LogP contribution in [0.25, 0.3) is 6.08 Å². The molecule has 26 heavy (non-hydrogen) atoms. The van der Waals surface area contributed by atoms with Crippen LogP contribution in [0.3, 0.4) is 0 Å². The van der Waals surface area contributed by atoms with Crippen LogP contribution in [0.1, 0.15) is 11.8 Å². The van der Waals surface area contributed by atoms with Gasteiger partial charge in [-0.3, -0.25) is 14.9 Å². The number of non-ortho nitro benzene ring substituents is 1. The summed E-state index contributed by atoms with van der Waals surface area (Å²) in [5.74, 6) is -1.06.